The number of hydrogen-bond donors (Lipinski definition) is 4. The van der Waals surface area contributed by atoms with Crippen molar-refractivity contribution in [1.29, 1.82) is 0 Å². The quantitative estimate of drug-likeness (QED) is 0.164. The number of hydrogen-bond acceptors (Lipinski definition) is 4. The average Bonchev–Trinajstić information content (AvgIpc) is 1.85. The highest BCUT2D eigenvalue weighted by Crippen LogP contribution is 2.40. The molecule has 0 saturated carbocycles. The number of rotatable bonds is 4. The van der Waals surface area contributed by atoms with E-state index in [1.54, 1.807) is 0 Å². The van der Waals surface area contributed by atoms with Gasteiger partial charge in [0.25, 0.3) is 0 Å². The van der Waals surface area contributed by atoms with Gasteiger partial charge in [-0.15, -0.1) is 0 Å². The molecule has 0 amide bonds. The van der Waals surface area contributed by atoms with Crippen LogP contribution in [0.2, 0.25) is 0 Å². The molecular formula is C3H9O7P. The molecule has 0 aromatic rings. The topological polar surface area (TPSA) is 124 Å². The van der Waals surface area contributed by atoms with Crippen molar-refractivity contribution in [3.8, 4) is 0 Å². The lowest BCUT2D eigenvalue weighted by molar-refractivity contribution is -0.745. The highest BCUT2D eigenvalue weighted by atomic mass is 31.2. The molecule has 8 heteroatoms. The summed E-state index contributed by atoms with van der Waals surface area (Å²) in [5, 5.41) is 26.9. The van der Waals surface area contributed by atoms with Gasteiger partial charge in [0.05, 0.1) is 6.61 Å². The van der Waals surface area contributed by atoms with Gasteiger partial charge in [-0.2, -0.15) is 4.57 Å². The van der Waals surface area contributed by atoms with Gasteiger partial charge >= 0.3 is 7.82 Å². The van der Waals surface area contributed by atoms with E-state index < -0.39 is 27.1 Å². The Morgan fingerprint density at radius 3 is 2.27 bits per heavy atom. The van der Waals surface area contributed by atoms with Crippen molar-refractivity contribution in [1.82, 2.24) is 0 Å². The van der Waals surface area contributed by atoms with Gasteiger partial charge in [0.2, 0.25) is 0 Å². The van der Waals surface area contributed by atoms with Crippen molar-refractivity contribution in [2.45, 2.75) is 6.10 Å². The predicted molar refractivity (Wildman–Crippen MR) is 31.1 cm³/mol. The summed E-state index contributed by atoms with van der Waals surface area (Å²) in [6, 6.07) is 0. The van der Waals surface area contributed by atoms with Crippen molar-refractivity contribution in [3.05, 3.63) is 0 Å². The highest BCUT2D eigenvalue weighted by molar-refractivity contribution is 7.46. The molecule has 0 heterocycles. The Morgan fingerprint density at radius 2 is 2.00 bits per heavy atom. The van der Waals surface area contributed by atoms with Crippen LogP contribution in [0, 0.1) is 0 Å². The summed E-state index contributed by atoms with van der Waals surface area (Å²) >= 11 is 0. The molecule has 0 aliphatic rings. The predicted octanol–water partition coefficient (Wildman–Crippen LogP) is -2.74. The summed E-state index contributed by atoms with van der Waals surface area (Å²) in [5.74, 6) is 0. The first-order valence-corrected chi connectivity index (χ1v) is 4.14. The molecule has 0 aliphatic heterocycles. The van der Waals surface area contributed by atoms with Gasteiger partial charge in [-0.1, -0.05) is 0 Å². The van der Waals surface area contributed by atoms with Crippen LogP contribution in [-0.2, 0) is 8.87 Å². The van der Waals surface area contributed by atoms with E-state index in [9.17, 15) is 9.82 Å². The van der Waals surface area contributed by atoms with E-state index in [1.807, 2.05) is 0 Å². The van der Waals surface area contributed by atoms with Gasteiger partial charge in [0, 0.05) is 0 Å². The van der Waals surface area contributed by atoms with Crippen LogP contribution >= 0.6 is 7.82 Å². The Balaban J connectivity index is 3.88. The summed E-state index contributed by atoms with van der Waals surface area (Å²) in [6.07, 6.45) is -1.47. The molecule has 0 rings (SSSR count). The van der Waals surface area contributed by atoms with E-state index in [2.05, 4.69) is 0 Å². The monoisotopic (exact) mass is 188 g/mol. The summed E-state index contributed by atoms with van der Waals surface area (Å²) in [6.45, 7) is -1.62. The molecule has 1 unspecified atom stereocenters. The minimum atomic E-state index is -4.90. The maximum absolute atomic E-state index is 10.2. The lowest BCUT2D eigenvalue weighted by atomic mass is 10.4. The van der Waals surface area contributed by atoms with E-state index in [0.29, 0.717) is 0 Å². The fourth-order valence-electron chi connectivity index (χ4n) is 0.314. The average molecular weight is 188 g/mol. The molecule has 0 saturated heterocycles. The van der Waals surface area contributed by atoms with Crippen LogP contribution in [0.15, 0.2) is 0 Å². The largest absolute Gasteiger partial charge is 0.637 e. The summed E-state index contributed by atoms with van der Waals surface area (Å²) in [5.41, 5.74) is 0. The van der Waals surface area contributed by atoms with Crippen molar-refractivity contribution in [3.63, 3.8) is 0 Å². The van der Waals surface area contributed by atoms with Gasteiger partial charge in [-0.05, 0) is 0 Å². The first-order valence-electron chi connectivity index (χ1n) is 2.61. The zero-order valence-corrected chi connectivity index (χ0v) is 6.35. The minimum Gasteiger partial charge on any atom is -0.528 e. The van der Waals surface area contributed by atoms with Crippen molar-refractivity contribution in [2.75, 3.05) is 13.2 Å². The van der Waals surface area contributed by atoms with Gasteiger partial charge in [0.1, 0.15) is 6.10 Å². The zero-order valence-electron chi connectivity index (χ0n) is 5.45. The maximum atomic E-state index is 10.2. The Labute approximate surface area is 62.4 Å². The SMILES string of the molecule is O=P(O)(O)[O+]([O-])CC(O)CO. The molecule has 0 spiro atoms. The standard InChI is InChI=1S/C3H9O7P/c4-1-3(5)2-10(6)11(7,8)9/h3-5H,1-2H2,(H2,7,8,9). The van der Waals surface area contributed by atoms with Gasteiger partial charge in [0.15, 0.2) is 6.61 Å². The van der Waals surface area contributed by atoms with E-state index in [-0.39, 0.29) is 4.30 Å². The fourth-order valence-corrected chi connectivity index (χ4v) is 0.681. The molecule has 0 aromatic heterocycles. The second-order valence-electron chi connectivity index (χ2n) is 1.82. The molecule has 11 heavy (non-hydrogen) atoms. The van der Waals surface area contributed by atoms with Gasteiger partial charge < -0.3 is 19.8 Å². The van der Waals surface area contributed by atoms with Crippen molar-refractivity contribution >= 4 is 7.82 Å². The Morgan fingerprint density at radius 1 is 1.55 bits per heavy atom. The summed E-state index contributed by atoms with van der Waals surface area (Å²) in [7, 11) is -4.90. The fraction of sp³-hybridized carbons (Fsp3) is 1.00. The molecule has 4 N–H and O–H groups in total. The minimum absolute atomic E-state index is 0.211. The summed E-state index contributed by atoms with van der Waals surface area (Å²) < 4.78 is 10.3. The van der Waals surface area contributed by atoms with Crippen LogP contribution in [0.4, 0.5) is 0 Å². The van der Waals surface area contributed by atoms with Crippen LogP contribution in [0.3, 0.4) is 0 Å². The molecule has 1 atom stereocenters. The normalized spacial score (nSPS) is 15.5. The molecule has 7 nitrogen and oxygen atoms in total. The second-order valence-corrected chi connectivity index (χ2v) is 3.20. The van der Waals surface area contributed by atoms with Crippen LogP contribution < -0.4 is 5.26 Å². The smallest absolute Gasteiger partial charge is 0.528 e. The third kappa shape index (κ3) is 4.44. The molecule has 0 fully saturated rings. The second kappa shape index (κ2) is 4.13. The van der Waals surface area contributed by atoms with Gasteiger partial charge in [-0.3, -0.25) is 9.79 Å². The third-order valence-corrected chi connectivity index (χ3v) is 1.49. The van der Waals surface area contributed by atoms with Crippen LogP contribution in [0.1, 0.15) is 0 Å². The number of aliphatic hydroxyl groups excluding tert-OH is 2. The van der Waals surface area contributed by atoms with Crippen LogP contribution in [0.25, 0.3) is 0 Å². The first kappa shape index (κ1) is 11.0. The maximum Gasteiger partial charge on any atom is 0.637 e. The third-order valence-electron chi connectivity index (χ3n) is 0.811. The summed E-state index contributed by atoms with van der Waals surface area (Å²) in [4.78, 5) is 16.3. The molecule has 0 bridgehead atoms. The Hall–Kier alpha value is -0.0100. The van der Waals surface area contributed by atoms with Crippen molar-refractivity contribution < 1.29 is 34.1 Å². The van der Waals surface area contributed by atoms with Crippen LogP contribution in [0.5, 0.6) is 0 Å². The Bertz CT molecular complexity index is 152. The molecular weight excluding hydrogens is 179 g/mol. The Kier molecular flexibility index (Phi) is 4.12. The molecule has 0 aromatic carbocycles. The van der Waals surface area contributed by atoms with Crippen LogP contribution in [-0.4, -0.2) is 39.3 Å². The number of aliphatic hydroxyl groups is 2. The van der Waals surface area contributed by atoms with E-state index >= 15 is 0 Å². The van der Waals surface area contributed by atoms with E-state index in [1.165, 1.54) is 0 Å². The van der Waals surface area contributed by atoms with E-state index in [0.717, 1.165) is 0 Å². The zero-order chi connectivity index (χ0) is 9.07. The van der Waals surface area contributed by atoms with Gasteiger partial charge in [-0.25, -0.2) is 0 Å². The lowest BCUT2D eigenvalue weighted by Crippen LogP contribution is -2.33. The van der Waals surface area contributed by atoms with E-state index in [4.69, 9.17) is 20.0 Å². The first-order chi connectivity index (χ1) is 4.88. The lowest BCUT2D eigenvalue weighted by Gasteiger charge is -2.21. The van der Waals surface area contributed by atoms with Crippen molar-refractivity contribution in [2.24, 2.45) is 0 Å². The highest BCUT2D eigenvalue weighted by Gasteiger charge is 2.29. The molecule has 0 radical (unpaired) electrons. The molecule has 0 aliphatic carbocycles. The molecule has 68 valence electrons.